The van der Waals surface area contributed by atoms with Gasteiger partial charge in [-0.2, -0.15) is 5.26 Å². The Hall–Kier alpha value is -1.04. The Kier molecular flexibility index (Phi) is 6.23. The molecule has 0 saturated heterocycles. The second kappa shape index (κ2) is 6.64. The van der Waals surface area contributed by atoms with Crippen LogP contribution in [0.15, 0.2) is 0 Å². The van der Waals surface area contributed by atoms with Gasteiger partial charge in [-0.1, -0.05) is 41.5 Å². The summed E-state index contributed by atoms with van der Waals surface area (Å²) < 4.78 is 0. The van der Waals surface area contributed by atoms with E-state index < -0.39 is 5.54 Å². The summed E-state index contributed by atoms with van der Waals surface area (Å²) in [4.78, 5) is 12.3. The van der Waals surface area contributed by atoms with Gasteiger partial charge in [0.05, 0.1) is 6.07 Å². The normalized spacial score (nSPS) is 12.0. The van der Waals surface area contributed by atoms with Gasteiger partial charge >= 0.3 is 0 Å². The van der Waals surface area contributed by atoms with Gasteiger partial charge in [-0.25, -0.2) is 0 Å². The van der Waals surface area contributed by atoms with Crippen LogP contribution in [0, 0.1) is 29.1 Å². The Morgan fingerprint density at radius 1 is 1.18 bits per heavy atom. The molecule has 0 aromatic rings. The first-order chi connectivity index (χ1) is 7.83. The van der Waals surface area contributed by atoms with Crippen molar-refractivity contribution in [2.75, 3.05) is 0 Å². The van der Waals surface area contributed by atoms with Crippen LogP contribution in [0.3, 0.4) is 0 Å². The highest BCUT2D eigenvalue weighted by Gasteiger charge is 2.33. The van der Waals surface area contributed by atoms with Crippen molar-refractivity contribution in [2.24, 2.45) is 17.8 Å². The third-order valence-corrected chi connectivity index (χ3v) is 3.52. The maximum absolute atomic E-state index is 12.3. The van der Waals surface area contributed by atoms with Gasteiger partial charge in [0.25, 0.3) is 0 Å². The van der Waals surface area contributed by atoms with Gasteiger partial charge in [-0.3, -0.25) is 4.79 Å². The lowest BCUT2D eigenvalue weighted by Crippen LogP contribution is -2.50. The number of amides is 1. The predicted molar refractivity (Wildman–Crippen MR) is 70.2 cm³/mol. The molecule has 98 valence electrons. The van der Waals surface area contributed by atoms with Crippen LogP contribution in [-0.4, -0.2) is 11.4 Å². The Morgan fingerprint density at radius 2 is 1.59 bits per heavy atom. The molecule has 0 fully saturated rings. The molecule has 0 aliphatic rings. The summed E-state index contributed by atoms with van der Waals surface area (Å²) in [6.07, 6.45) is 1.29. The molecule has 17 heavy (non-hydrogen) atoms. The number of rotatable bonds is 6. The van der Waals surface area contributed by atoms with E-state index in [1.54, 1.807) is 0 Å². The highest BCUT2D eigenvalue weighted by Crippen LogP contribution is 2.23. The molecule has 0 aromatic heterocycles. The number of carbonyl (C=O) groups excluding carboxylic acids is 1. The van der Waals surface area contributed by atoms with Crippen LogP contribution in [0.1, 0.15) is 54.4 Å². The third kappa shape index (κ3) is 4.03. The lowest BCUT2D eigenvalue weighted by molar-refractivity contribution is -0.129. The molecule has 1 N–H and O–H groups in total. The standard InChI is InChI=1S/C14H26N2O/c1-7-14(8-2,9-15)16-13(17)12(10(3)4)11(5)6/h10-12H,7-8H2,1-6H3,(H,16,17). The van der Waals surface area contributed by atoms with Gasteiger partial charge in [0.2, 0.25) is 5.91 Å². The monoisotopic (exact) mass is 238 g/mol. The van der Waals surface area contributed by atoms with E-state index in [2.05, 4.69) is 39.1 Å². The topological polar surface area (TPSA) is 52.9 Å². The van der Waals surface area contributed by atoms with E-state index in [-0.39, 0.29) is 11.8 Å². The highest BCUT2D eigenvalue weighted by molar-refractivity contribution is 5.80. The van der Waals surface area contributed by atoms with Crippen LogP contribution in [0.4, 0.5) is 0 Å². The Bertz CT molecular complexity index is 277. The first kappa shape index (κ1) is 16.0. The van der Waals surface area contributed by atoms with Crippen molar-refractivity contribution in [2.45, 2.75) is 59.9 Å². The van der Waals surface area contributed by atoms with Crippen molar-refractivity contribution in [1.82, 2.24) is 5.32 Å². The molecule has 3 nitrogen and oxygen atoms in total. The minimum atomic E-state index is -0.695. The summed E-state index contributed by atoms with van der Waals surface area (Å²) in [5.74, 6) is 0.571. The van der Waals surface area contributed by atoms with E-state index in [1.165, 1.54) is 0 Å². The predicted octanol–water partition coefficient (Wildman–Crippen LogP) is 3.11. The first-order valence-electron chi connectivity index (χ1n) is 6.56. The van der Waals surface area contributed by atoms with Gasteiger partial charge in [0.1, 0.15) is 5.54 Å². The number of nitriles is 1. The van der Waals surface area contributed by atoms with Crippen LogP contribution in [-0.2, 0) is 4.79 Å². The summed E-state index contributed by atoms with van der Waals surface area (Å²) in [5.41, 5.74) is -0.695. The molecule has 0 aliphatic carbocycles. The number of nitrogens with one attached hydrogen (secondary N) is 1. The minimum absolute atomic E-state index is 0.0141. The Labute approximate surface area is 106 Å². The van der Waals surface area contributed by atoms with Crippen LogP contribution < -0.4 is 5.32 Å². The fourth-order valence-corrected chi connectivity index (χ4v) is 2.31. The largest absolute Gasteiger partial charge is 0.338 e. The third-order valence-electron chi connectivity index (χ3n) is 3.52. The summed E-state index contributed by atoms with van der Waals surface area (Å²) in [6.45, 7) is 12.1. The molecule has 0 saturated carbocycles. The van der Waals surface area contributed by atoms with Crippen molar-refractivity contribution >= 4 is 5.91 Å². The molecule has 0 bridgehead atoms. The van der Waals surface area contributed by atoms with Gasteiger partial charge in [0, 0.05) is 5.92 Å². The van der Waals surface area contributed by atoms with E-state index in [4.69, 9.17) is 0 Å². The molecule has 0 heterocycles. The molecule has 1 amide bonds. The number of hydrogen-bond donors (Lipinski definition) is 1. The van der Waals surface area contributed by atoms with Gasteiger partial charge < -0.3 is 5.32 Å². The first-order valence-corrected chi connectivity index (χ1v) is 6.56. The molecule has 3 heteroatoms. The molecule has 0 aromatic carbocycles. The van der Waals surface area contributed by atoms with E-state index in [9.17, 15) is 10.1 Å². The van der Waals surface area contributed by atoms with Crippen molar-refractivity contribution in [3.8, 4) is 6.07 Å². The van der Waals surface area contributed by atoms with E-state index in [0.717, 1.165) is 0 Å². The van der Waals surface area contributed by atoms with Gasteiger partial charge in [0.15, 0.2) is 0 Å². The molecule has 0 radical (unpaired) electrons. The zero-order valence-corrected chi connectivity index (χ0v) is 12.0. The molecule has 0 spiro atoms. The fourth-order valence-electron chi connectivity index (χ4n) is 2.31. The quantitative estimate of drug-likeness (QED) is 0.773. The smallest absolute Gasteiger partial charge is 0.224 e. The van der Waals surface area contributed by atoms with E-state index in [0.29, 0.717) is 24.7 Å². The molecule has 0 unspecified atom stereocenters. The number of carbonyl (C=O) groups is 1. The number of nitrogens with zero attached hydrogens (tertiary/aromatic N) is 1. The number of hydrogen-bond acceptors (Lipinski definition) is 2. The van der Waals surface area contributed by atoms with Crippen LogP contribution in [0.2, 0.25) is 0 Å². The van der Waals surface area contributed by atoms with Crippen molar-refractivity contribution in [3.05, 3.63) is 0 Å². The molecular formula is C14H26N2O. The SMILES string of the molecule is CCC(C#N)(CC)NC(=O)C(C(C)C)C(C)C. The highest BCUT2D eigenvalue weighted by atomic mass is 16.2. The molecule has 0 atom stereocenters. The molecule has 0 rings (SSSR count). The van der Waals surface area contributed by atoms with Crippen LogP contribution in [0.25, 0.3) is 0 Å². The Morgan fingerprint density at radius 3 is 1.82 bits per heavy atom. The zero-order valence-electron chi connectivity index (χ0n) is 12.0. The van der Waals surface area contributed by atoms with Gasteiger partial charge in [-0.15, -0.1) is 0 Å². The zero-order chi connectivity index (χ0) is 13.6. The summed E-state index contributed by atoms with van der Waals surface area (Å²) >= 11 is 0. The lowest BCUT2D eigenvalue weighted by atomic mass is 9.83. The maximum atomic E-state index is 12.3. The summed E-state index contributed by atoms with van der Waals surface area (Å²) in [7, 11) is 0. The van der Waals surface area contributed by atoms with E-state index >= 15 is 0 Å². The summed E-state index contributed by atoms with van der Waals surface area (Å²) in [6, 6.07) is 2.25. The average Bonchev–Trinajstić information content (AvgIpc) is 2.25. The van der Waals surface area contributed by atoms with Crippen molar-refractivity contribution < 1.29 is 4.79 Å². The molecule has 0 aliphatic heterocycles. The second-order valence-electron chi connectivity index (χ2n) is 5.40. The lowest BCUT2D eigenvalue weighted by Gasteiger charge is -2.30. The second-order valence-corrected chi connectivity index (χ2v) is 5.40. The fraction of sp³-hybridized carbons (Fsp3) is 0.857. The van der Waals surface area contributed by atoms with Crippen molar-refractivity contribution in [1.29, 1.82) is 5.26 Å². The maximum Gasteiger partial charge on any atom is 0.224 e. The van der Waals surface area contributed by atoms with Crippen LogP contribution in [0.5, 0.6) is 0 Å². The minimum Gasteiger partial charge on any atom is -0.338 e. The van der Waals surface area contributed by atoms with Crippen LogP contribution >= 0.6 is 0 Å². The summed E-state index contributed by atoms with van der Waals surface area (Å²) in [5, 5.41) is 12.2. The average molecular weight is 238 g/mol. The van der Waals surface area contributed by atoms with Crippen molar-refractivity contribution in [3.63, 3.8) is 0 Å². The van der Waals surface area contributed by atoms with E-state index in [1.807, 2.05) is 13.8 Å². The molecular weight excluding hydrogens is 212 g/mol. The van der Waals surface area contributed by atoms with Gasteiger partial charge in [-0.05, 0) is 24.7 Å². The Balaban J connectivity index is 4.88.